The van der Waals surface area contributed by atoms with Gasteiger partial charge in [-0.2, -0.15) is 0 Å². The largest absolute Gasteiger partial charge is 0.340 e. The van der Waals surface area contributed by atoms with Crippen LogP contribution in [0, 0.1) is 11.8 Å². The lowest BCUT2D eigenvalue weighted by atomic mass is 9.85. The molecular formula is C16H31N3O. The number of piperidine rings is 1. The zero-order chi connectivity index (χ0) is 14.5. The summed E-state index contributed by atoms with van der Waals surface area (Å²) in [5, 5.41) is 3.46. The molecule has 0 saturated carbocycles. The van der Waals surface area contributed by atoms with Gasteiger partial charge >= 0.3 is 0 Å². The average molecular weight is 281 g/mol. The third-order valence-electron chi connectivity index (χ3n) is 5.16. The van der Waals surface area contributed by atoms with E-state index in [1.807, 2.05) is 0 Å². The van der Waals surface area contributed by atoms with E-state index in [-0.39, 0.29) is 0 Å². The summed E-state index contributed by atoms with van der Waals surface area (Å²) in [7, 11) is 0. The molecule has 2 fully saturated rings. The molecule has 4 nitrogen and oxygen atoms in total. The van der Waals surface area contributed by atoms with Crippen LogP contribution in [-0.4, -0.2) is 61.0 Å². The van der Waals surface area contributed by atoms with Gasteiger partial charge in [-0.1, -0.05) is 13.8 Å². The van der Waals surface area contributed by atoms with Crippen molar-refractivity contribution in [1.29, 1.82) is 0 Å². The van der Waals surface area contributed by atoms with Crippen LogP contribution in [0.2, 0.25) is 0 Å². The Kier molecular flexibility index (Phi) is 5.85. The number of amides is 1. The predicted octanol–water partition coefficient (Wildman–Crippen LogP) is 1.56. The van der Waals surface area contributed by atoms with Crippen molar-refractivity contribution in [3.8, 4) is 0 Å². The van der Waals surface area contributed by atoms with Crippen molar-refractivity contribution in [2.24, 2.45) is 11.8 Å². The predicted molar refractivity (Wildman–Crippen MR) is 82.7 cm³/mol. The number of hydrogen-bond donors (Lipinski definition) is 1. The fourth-order valence-electron chi connectivity index (χ4n) is 3.63. The van der Waals surface area contributed by atoms with Crippen molar-refractivity contribution in [3.05, 3.63) is 0 Å². The third-order valence-corrected chi connectivity index (χ3v) is 5.16. The highest BCUT2D eigenvalue weighted by Crippen LogP contribution is 2.23. The molecule has 2 rings (SSSR count). The number of hydrogen-bond acceptors (Lipinski definition) is 3. The van der Waals surface area contributed by atoms with Crippen LogP contribution in [0.25, 0.3) is 0 Å². The first-order chi connectivity index (χ1) is 9.61. The molecule has 0 radical (unpaired) electrons. The van der Waals surface area contributed by atoms with Crippen LogP contribution >= 0.6 is 0 Å². The van der Waals surface area contributed by atoms with Gasteiger partial charge in [0, 0.05) is 32.1 Å². The smallest absolute Gasteiger partial charge is 0.222 e. The summed E-state index contributed by atoms with van der Waals surface area (Å²) in [6.45, 7) is 12.9. The first-order valence-corrected chi connectivity index (χ1v) is 8.34. The molecule has 0 aromatic carbocycles. The summed E-state index contributed by atoms with van der Waals surface area (Å²) in [4.78, 5) is 17.0. The standard InChI is InChI=1S/C16H31N3O/c1-4-18-8-9-19(12-14(18)3)16(20)10-13(2)15-6-5-7-17-11-15/h13-15,17H,4-12H2,1-3H3. The average Bonchev–Trinajstić information content (AvgIpc) is 2.48. The molecule has 2 saturated heterocycles. The van der Waals surface area contributed by atoms with Gasteiger partial charge in [-0.3, -0.25) is 9.69 Å². The molecule has 0 spiro atoms. The van der Waals surface area contributed by atoms with Gasteiger partial charge in [0.2, 0.25) is 5.91 Å². The lowest BCUT2D eigenvalue weighted by Gasteiger charge is -2.40. The van der Waals surface area contributed by atoms with E-state index in [0.29, 0.717) is 23.8 Å². The van der Waals surface area contributed by atoms with E-state index in [1.165, 1.54) is 12.8 Å². The van der Waals surface area contributed by atoms with Gasteiger partial charge in [-0.05, 0) is 51.2 Å². The van der Waals surface area contributed by atoms with E-state index in [4.69, 9.17) is 0 Å². The second kappa shape index (κ2) is 7.41. The molecule has 0 aromatic heterocycles. The normalized spacial score (nSPS) is 30.2. The van der Waals surface area contributed by atoms with Gasteiger partial charge in [0.05, 0.1) is 0 Å². The van der Waals surface area contributed by atoms with Crippen molar-refractivity contribution < 1.29 is 4.79 Å². The van der Waals surface area contributed by atoms with Crippen molar-refractivity contribution in [1.82, 2.24) is 15.1 Å². The number of carbonyl (C=O) groups excluding carboxylic acids is 1. The molecule has 0 aliphatic carbocycles. The molecule has 20 heavy (non-hydrogen) atoms. The number of nitrogens with one attached hydrogen (secondary N) is 1. The molecule has 4 heteroatoms. The lowest BCUT2D eigenvalue weighted by molar-refractivity contribution is -0.135. The third kappa shape index (κ3) is 3.95. The number of carbonyl (C=O) groups is 1. The van der Waals surface area contributed by atoms with Crippen LogP contribution in [-0.2, 0) is 4.79 Å². The minimum absolute atomic E-state index is 0.366. The number of likely N-dealkylation sites (N-methyl/N-ethyl adjacent to an activating group) is 1. The zero-order valence-electron chi connectivity index (χ0n) is 13.4. The number of rotatable bonds is 4. The Balaban J connectivity index is 1.79. The first kappa shape index (κ1) is 15.8. The summed E-state index contributed by atoms with van der Waals surface area (Å²) in [5.74, 6) is 1.56. The number of nitrogens with zero attached hydrogens (tertiary/aromatic N) is 2. The van der Waals surface area contributed by atoms with E-state index in [0.717, 1.165) is 45.7 Å². The Labute approximate surface area is 123 Å². The van der Waals surface area contributed by atoms with Crippen LogP contribution in [0.1, 0.15) is 40.0 Å². The maximum Gasteiger partial charge on any atom is 0.222 e. The van der Waals surface area contributed by atoms with Crippen LogP contribution in [0.4, 0.5) is 0 Å². The molecule has 0 aromatic rings. The molecule has 0 bridgehead atoms. The molecule has 2 heterocycles. The Bertz CT molecular complexity index is 315. The second-order valence-corrected chi connectivity index (χ2v) is 6.61. The maximum absolute atomic E-state index is 12.5. The SMILES string of the molecule is CCN1CCN(C(=O)CC(C)C2CCCNC2)CC1C. The van der Waals surface area contributed by atoms with Gasteiger partial charge < -0.3 is 10.2 Å². The van der Waals surface area contributed by atoms with Crippen LogP contribution in [0.15, 0.2) is 0 Å². The monoisotopic (exact) mass is 281 g/mol. The van der Waals surface area contributed by atoms with E-state index in [1.54, 1.807) is 0 Å². The molecule has 3 atom stereocenters. The fraction of sp³-hybridized carbons (Fsp3) is 0.938. The number of piperazine rings is 1. The minimum Gasteiger partial charge on any atom is -0.340 e. The minimum atomic E-state index is 0.366. The van der Waals surface area contributed by atoms with Crippen molar-refractivity contribution in [3.63, 3.8) is 0 Å². The first-order valence-electron chi connectivity index (χ1n) is 8.34. The van der Waals surface area contributed by atoms with Gasteiger partial charge in [-0.25, -0.2) is 0 Å². The van der Waals surface area contributed by atoms with Crippen LogP contribution in [0.3, 0.4) is 0 Å². The van der Waals surface area contributed by atoms with E-state index >= 15 is 0 Å². The fourth-order valence-corrected chi connectivity index (χ4v) is 3.63. The molecule has 1 N–H and O–H groups in total. The molecule has 3 unspecified atom stereocenters. The van der Waals surface area contributed by atoms with Gasteiger partial charge in [0.15, 0.2) is 0 Å². The van der Waals surface area contributed by atoms with Crippen LogP contribution in [0.5, 0.6) is 0 Å². The Hall–Kier alpha value is -0.610. The van der Waals surface area contributed by atoms with Crippen molar-refractivity contribution in [2.45, 2.75) is 46.1 Å². The van der Waals surface area contributed by atoms with Gasteiger partial charge in [0.1, 0.15) is 0 Å². The van der Waals surface area contributed by atoms with E-state index < -0.39 is 0 Å². The quantitative estimate of drug-likeness (QED) is 0.849. The molecule has 1 amide bonds. The summed E-state index contributed by atoms with van der Waals surface area (Å²) < 4.78 is 0. The molecule has 2 aliphatic rings. The summed E-state index contributed by atoms with van der Waals surface area (Å²) in [6, 6.07) is 0.504. The molecule has 116 valence electrons. The lowest BCUT2D eigenvalue weighted by Crippen LogP contribution is -2.53. The second-order valence-electron chi connectivity index (χ2n) is 6.61. The topological polar surface area (TPSA) is 35.6 Å². The molecular weight excluding hydrogens is 250 g/mol. The summed E-state index contributed by atoms with van der Waals surface area (Å²) >= 11 is 0. The van der Waals surface area contributed by atoms with Crippen LogP contribution < -0.4 is 5.32 Å². The zero-order valence-corrected chi connectivity index (χ0v) is 13.4. The summed E-state index contributed by atoms with van der Waals surface area (Å²) in [5.41, 5.74) is 0. The van der Waals surface area contributed by atoms with E-state index in [9.17, 15) is 4.79 Å². The van der Waals surface area contributed by atoms with Gasteiger partial charge in [0.25, 0.3) is 0 Å². The highest BCUT2D eigenvalue weighted by Gasteiger charge is 2.28. The molecule has 2 aliphatic heterocycles. The van der Waals surface area contributed by atoms with E-state index in [2.05, 4.69) is 35.9 Å². The van der Waals surface area contributed by atoms with Crippen molar-refractivity contribution in [2.75, 3.05) is 39.3 Å². The highest BCUT2D eigenvalue weighted by atomic mass is 16.2. The highest BCUT2D eigenvalue weighted by molar-refractivity contribution is 5.76. The van der Waals surface area contributed by atoms with Crippen molar-refractivity contribution >= 4 is 5.91 Å². The Morgan fingerprint density at radius 3 is 2.80 bits per heavy atom. The van der Waals surface area contributed by atoms with Gasteiger partial charge in [-0.15, -0.1) is 0 Å². The Morgan fingerprint density at radius 1 is 1.40 bits per heavy atom. The maximum atomic E-state index is 12.5. The Morgan fingerprint density at radius 2 is 2.20 bits per heavy atom. The summed E-state index contributed by atoms with van der Waals surface area (Å²) in [6.07, 6.45) is 3.27.